The van der Waals surface area contributed by atoms with Crippen molar-refractivity contribution >= 4 is 0 Å². The van der Waals surface area contributed by atoms with E-state index in [2.05, 4.69) is 23.4 Å². The molecule has 0 saturated carbocycles. The summed E-state index contributed by atoms with van der Waals surface area (Å²) in [4.78, 5) is 4.87. The lowest BCUT2D eigenvalue weighted by Gasteiger charge is -2.31. The molecule has 15 heavy (non-hydrogen) atoms. The highest BCUT2D eigenvalue weighted by atomic mass is 16.5. The Bertz CT molecular complexity index is 172. The molecule has 0 aliphatic carbocycles. The largest absolute Gasteiger partial charge is 0.379 e. The summed E-state index contributed by atoms with van der Waals surface area (Å²) in [6, 6.07) is 0. The first kappa shape index (κ1) is 11.4. The van der Waals surface area contributed by atoms with E-state index in [9.17, 15) is 0 Å². The van der Waals surface area contributed by atoms with Crippen LogP contribution in [0.4, 0.5) is 0 Å². The van der Waals surface area contributed by atoms with Gasteiger partial charge in [-0.25, -0.2) is 0 Å². The molecule has 87 valence electrons. The molecule has 3 heteroatoms. The molecule has 0 spiro atoms. The van der Waals surface area contributed by atoms with Crippen LogP contribution in [0.3, 0.4) is 0 Å². The minimum atomic E-state index is 0.907. The summed E-state index contributed by atoms with van der Waals surface area (Å²) >= 11 is 0. The lowest BCUT2D eigenvalue weighted by atomic mass is 9.93. The predicted octanol–water partition coefficient (Wildman–Crippen LogP) is 1.21. The SMILES string of the molecule is CN1CCC(C[CH]N2CCOCC2)CC1. The van der Waals surface area contributed by atoms with E-state index >= 15 is 0 Å². The van der Waals surface area contributed by atoms with Gasteiger partial charge in [-0.1, -0.05) is 0 Å². The molecule has 2 heterocycles. The van der Waals surface area contributed by atoms with E-state index in [1.807, 2.05) is 0 Å². The molecule has 3 nitrogen and oxygen atoms in total. The minimum Gasteiger partial charge on any atom is -0.379 e. The van der Waals surface area contributed by atoms with Crippen LogP contribution < -0.4 is 0 Å². The van der Waals surface area contributed by atoms with Crippen molar-refractivity contribution in [1.29, 1.82) is 0 Å². The third-order valence-electron chi connectivity index (χ3n) is 3.58. The molecule has 2 aliphatic heterocycles. The molecule has 2 rings (SSSR count). The molecule has 0 bridgehead atoms. The Labute approximate surface area is 93.4 Å². The topological polar surface area (TPSA) is 15.7 Å². The highest BCUT2D eigenvalue weighted by Crippen LogP contribution is 2.21. The lowest BCUT2D eigenvalue weighted by molar-refractivity contribution is 0.0477. The molecule has 2 aliphatic rings. The van der Waals surface area contributed by atoms with E-state index in [1.54, 1.807) is 0 Å². The quantitative estimate of drug-likeness (QED) is 0.698. The maximum Gasteiger partial charge on any atom is 0.0594 e. The Morgan fingerprint density at radius 1 is 1.13 bits per heavy atom. The van der Waals surface area contributed by atoms with Crippen LogP contribution in [0.2, 0.25) is 0 Å². The van der Waals surface area contributed by atoms with Crippen LogP contribution in [0.1, 0.15) is 19.3 Å². The van der Waals surface area contributed by atoms with Crippen molar-refractivity contribution in [3.05, 3.63) is 6.54 Å². The Hall–Kier alpha value is -0.120. The Morgan fingerprint density at radius 2 is 1.80 bits per heavy atom. The number of morpholine rings is 1. The summed E-state index contributed by atoms with van der Waals surface area (Å²) in [7, 11) is 2.22. The Balaban J connectivity index is 1.60. The number of likely N-dealkylation sites (tertiary alicyclic amines) is 1. The van der Waals surface area contributed by atoms with Crippen molar-refractivity contribution in [2.45, 2.75) is 19.3 Å². The van der Waals surface area contributed by atoms with Gasteiger partial charge in [-0.2, -0.15) is 0 Å². The van der Waals surface area contributed by atoms with Gasteiger partial charge in [0.2, 0.25) is 0 Å². The second-order valence-electron chi connectivity index (χ2n) is 4.81. The van der Waals surface area contributed by atoms with Gasteiger partial charge in [0.15, 0.2) is 0 Å². The fourth-order valence-corrected chi connectivity index (χ4v) is 2.36. The molecule has 0 N–H and O–H groups in total. The van der Waals surface area contributed by atoms with Gasteiger partial charge in [0.25, 0.3) is 0 Å². The van der Waals surface area contributed by atoms with Crippen LogP contribution in [0, 0.1) is 12.5 Å². The Morgan fingerprint density at radius 3 is 2.47 bits per heavy atom. The van der Waals surface area contributed by atoms with Crippen LogP contribution in [-0.2, 0) is 4.74 Å². The highest BCUT2D eigenvalue weighted by Gasteiger charge is 2.18. The molecule has 0 unspecified atom stereocenters. The van der Waals surface area contributed by atoms with Crippen LogP contribution >= 0.6 is 0 Å². The van der Waals surface area contributed by atoms with Crippen molar-refractivity contribution in [3.8, 4) is 0 Å². The zero-order valence-electron chi connectivity index (χ0n) is 9.82. The van der Waals surface area contributed by atoms with Crippen molar-refractivity contribution in [2.75, 3.05) is 46.4 Å². The number of hydrogen-bond acceptors (Lipinski definition) is 3. The van der Waals surface area contributed by atoms with E-state index in [0.717, 1.165) is 32.2 Å². The summed E-state index contributed by atoms with van der Waals surface area (Å²) in [5.74, 6) is 0.920. The molecular formula is C12H23N2O. The summed E-state index contributed by atoms with van der Waals surface area (Å²) in [6.07, 6.45) is 4.02. The molecule has 1 radical (unpaired) electrons. The van der Waals surface area contributed by atoms with Crippen molar-refractivity contribution in [3.63, 3.8) is 0 Å². The molecule has 2 saturated heterocycles. The predicted molar refractivity (Wildman–Crippen MR) is 61.5 cm³/mol. The third-order valence-corrected chi connectivity index (χ3v) is 3.58. The standard InChI is InChI=1S/C12H23N2O/c1-13-5-2-12(3-6-13)4-7-14-8-10-15-11-9-14/h7,12H,2-6,8-11H2,1H3. The van der Waals surface area contributed by atoms with E-state index in [-0.39, 0.29) is 0 Å². The van der Waals surface area contributed by atoms with Gasteiger partial charge in [0.1, 0.15) is 0 Å². The zero-order valence-corrected chi connectivity index (χ0v) is 9.82. The second kappa shape index (κ2) is 5.83. The first-order valence-corrected chi connectivity index (χ1v) is 6.18. The molecule has 0 amide bonds. The molecule has 0 atom stereocenters. The first-order chi connectivity index (χ1) is 7.34. The number of hydrogen-bond donors (Lipinski definition) is 0. The summed E-state index contributed by atoms with van der Waals surface area (Å²) in [5, 5.41) is 0. The lowest BCUT2D eigenvalue weighted by Crippen LogP contribution is -2.36. The normalized spacial score (nSPS) is 27.0. The summed E-state index contributed by atoms with van der Waals surface area (Å²) in [5.41, 5.74) is 0. The highest BCUT2D eigenvalue weighted by molar-refractivity contribution is 4.78. The summed E-state index contributed by atoms with van der Waals surface area (Å²) in [6.45, 7) is 8.97. The average Bonchev–Trinajstić information content (AvgIpc) is 2.30. The fraction of sp³-hybridized carbons (Fsp3) is 0.917. The summed E-state index contributed by atoms with van der Waals surface area (Å²) < 4.78 is 5.34. The van der Waals surface area contributed by atoms with E-state index in [4.69, 9.17) is 4.74 Å². The fourth-order valence-electron chi connectivity index (χ4n) is 2.36. The van der Waals surface area contributed by atoms with Crippen LogP contribution in [-0.4, -0.2) is 56.2 Å². The van der Waals surface area contributed by atoms with E-state index in [1.165, 1.54) is 32.4 Å². The zero-order chi connectivity index (χ0) is 10.5. The third kappa shape index (κ3) is 3.74. The number of rotatable bonds is 3. The van der Waals surface area contributed by atoms with E-state index in [0.29, 0.717) is 0 Å². The second-order valence-corrected chi connectivity index (χ2v) is 4.81. The number of piperidine rings is 1. The number of nitrogens with zero attached hydrogens (tertiary/aromatic N) is 2. The van der Waals surface area contributed by atoms with Crippen LogP contribution in [0.25, 0.3) is 0 Å². The molecule has 2 fully saturated rings. The average molecular weight is 211 g/mol. The Kier molecular flexibility index (Phi) is 4.42. The number of ether oxygens (including phenoxy) is 1. The molecule has 0 aromatic carbocycles. The van der Waals surface area contributed by atoms with Gasteiger partial charge < -0.3 is 9.64 Å². The molecule has 0 aromatic rings. The van der Waals surface area contributed by atoms with E-state index < -0.39 is 0 Å². The van der Waals surface area contributed by atoms with Crippen molar-refractivity contribution in [2.24, 2.45) is 5.92 Å². The van der Waals surface area contributed by atoms with Crippen molar-refractivity contribution in [1.82, 2.24) is 9.80 Å². The van der Waals surface area contributed by atoms with Crippen molar-refractivity contribution < 1.29 is 4.74 Å². The van der Waals surface area contributed by atoms with Gasteiger partial charge in [0.05, 0.1) is 13.2 Å². The minimum absolute atomic E-state index is 0.907. The van der Waals surface area contributed by atoms with Crippen LogP contribution in [0.5, 0.6) is 0 Å². The maximum absolute atomic E-state index is 5.34. The van der Waals surface area contributed by atoms with Gasteiger partial charge >= 0.3 is 0 Å². The van der Waals surface area contributed by atoms with Crippen LogP contribution in [0.15, 0.2) is 0 Å². The van der Waals surface area contributed by atoms with Gasteiger partial charge in [-0.05, 0) is 45.3 Å². The van der Waals surface area contributed by atoms with Gasteiger partial charge in [-0.3, -0.25) is 4.90 Å². The first-order valence-electron chi connectivity index (χ1n) is 6.18. The van der Waals surface area contributed by atoms with Gasteiger partial charge in [0, 0.05) is 19.6 Å². The van der Waals surface area contributed by atoms with Gasteiger partial charge in [-0.15, -0.1) is 0 Å². The smallest absolute Gasteiger partial charge is 0.0594 e. The maximum atomic E-state index is 5.34. The molecule has 0 aromatic heterocycles. The monoisotopic (exact) mass is 211 g/mol. The molecular weight excluding hydrogens is 188 g/mol.